The van der Waals surface area contributed by atoms with E-state index in [1.807, 2.05) is 18.2 Å². The van der Waals surface area contributed by atoms with E-state index >= 15 is 0 Å². The average molecular weight is 263 g/mol. The molecule has 0 saturated carbocycles. The Bertz CT molecular complexity index is 470. The van der Waals surface area contributed by atoms with Crippen molar-refractivity contribution >= 4 is 17.7 Å². The summed E-state index contributed by atoms with van der Waals surface area (Å²) in [7, 11) is 1.41. The number of aliphatic carboxylic acids is 1. The summed E-state index contributed by atoms with van der Waals surface area (Å²) in [4.78, 5) is 35.0. The van der Waals surface area contributed by atoms with Crippen LogP contribution in [0.5, 0.6) is 0 Å². The van der Waals surface area contributed by atoms with E-state index in [1.54, 1.807) is 12.1 Å². The highest BCUT2D eigenvalue weighted by molar-refractivity contribution is 5.98. The molecule has 1 rings (SSSR count). The van der Waals surface area contributed by atoms with Gasteiger partial charge in [0.15, 0.2) is 0 Å². The fourth-order valence-electron chi connectivity index (χ4n) is 1.74. The van der Waals surface area contributed by atoms with Gasteiger partial charge in [0.05, 0.1) is 6.42 Å². The highest BCUT2D eigenvalue weighted by atomic mass is 16.4. The van der Waals surface area contributed by atoms with Crippen LogP contribution in [0.2, 0.25) is 0 Å². The maximum atomic E-state index is 11.7. The fourth-order valence-corrected chi connectivity index (χ4v) is 1.74. The molecule has 102 valence electrons. The zero-order valence-corrected chi connectivity index (χ0v) is 11.0. The first-order valence-electron chi connectivity index (χ1n) is 5.93. The molecule has 0 radical (unpaired) electrons. The number of benzene rings is 1. The van der Waals surface area contributed by atoms with Crippen LogP contribution in [0, 0.1) is 0 Å². The van der Waals surface area contributed by atoms with Crippen molar-refractivity contribution in [2.45, 2.75) is 25.8 Å². The maximum Gasteiger partial charge on any atom is 0.326 e. The average Bonchev–Trinajstić information content (AvgIpc) is 2.35. The number of carboxylic acid groups (broad SMARTS) is 1. The molecule has 1 N–H and O–H groups in total. The lowest BCUT2D eigenvalue weighted by atomic mass is 10.0. The van der Waals surface area contributed by atoms with Gasteiger partial charge in [-0.2, -0.15) is 0 Å². The molecule has 0 saturated heterocycles. The molecule has 1 atom stereocenters. The Balaban J connectivity index is 2.80. The first-order chi connectivity index (χ1) is 8.91. The summed E-state index contributed by atoms with van der Waals surface area (Å²) >= 11 is 0. The van der Waals surface area contributed by atoms with E-state index in [0.717, 1.165) is 10.5 Å². The Morgan fingerprint density at radius 2 is 1.79 bits per heavy atom. The number of hydrogen-bond donors (Lipinski definition) is 1. The quantitative estimate of drug-likeness (QED) is 0.780. The van der Waals surface area contributed by atoms with Gasteiger partial charge in [-0.25, -0.2) is 4.79 Å². The first kappa shape index (κ1) is 14.9. The highest BCUT2D eigenvalue weighted by Gasteiger charge is 2.27. The molecule has 0 spiro atoms. The van der Waals surface area contributed by atoms with Gasteiger partial charge in [-0.1, -0.05) is 30.3 Å². The van der Waals surface area contributed by atoms with Crippen molar-refractivity contribution in [2.75, 3.05) is 7.05 Å². The summed E-state index contributed by atoms with van der Waals surface area (Å²) in [5.41, 5.74) is 0.831. The van der Waals surface area contributed by atoms with Crippen LogP contribution < -0.4 is 0 Å². The number of hydrogen-bond acceptors (Lipinski definition) is 3. The molecule has 0 bridgehead atoms. The van der Waals surface area contributed by atoms with Gasteiger partial charge >= 0.3 is 5.97 Å². The van der Waals surface area contributed by atoms with Gasteiger partial charge in [-0.3, -0.25) is 9.59 Å². The molecule has 0 aliphatic heterocycles. The van der Waals surface area contributed by atoms with Crippen LogP contribution in [-0.4, -0.2) is 40.8 Å². The summed E-state index contributed by atoms with van der Waals surface area (Å²) in [6, 6.07) is 8.11. The topological polar surface area (TPSA) is 74.7 Å². The molecule has 19 heavy (non-hydrogen) atoms. The lowest BCUT2D eigenvalue weighted by Crippen LogP contribution is -2.44. The molecule has 0 aliphatic carbocycles. The van der Waals surface area contributed by atoms with Gasteiger partial charge in [0.1, 0.15) is 11.8 Å². The fraction of sp³-hybridized carbons (Fsp3) is 0.357. The van der Waals surface area contributed by atoms with Gasteiger partial charge in [-0.05, 0) is 12.5 Å². The Hall–Kier alpha value is -2.17. The van der Waals surface area contributed by atoms with Crippen LogP contribution >= 0.6 is 0 Å². The number of Topliss-reactive ketones (excluding diaryl/α,β-unsaturated/α-hetero) is 1. The van der Waals surface area contributed by atoms with Crippen LogP contribution in [0.25, 0.3) is 0 Å². The van der Waals surface area contributed by atoms with Gasteiger partial charge in [-0.15, -0.1) is 0 Å². The number of nitrogens with zero attached hydrogens (tertiary/aromatic N) is 1. The van der Waals surface area contributed by atoms with Crippen LogP contribution in [-0.2, 0) is 20.8 Å². The Labute approximate surface area is 111 Å². The third-order valence-electron chi connectivity index (χ3n) is 2.82. The van der Waals surface area contributed by atoms with Crippen molar-refractivity contribution < 1.29 is 19.5 Å². The lowest BCUT2D eigenvalue weighted by Gasteiger charge is -2.24. The number of carboxylic acids is 1. The summed E-state index contributed by atoms with van der Waals surface area (Å²) in [5, 5.41) is 9.21. The predicted octanol–water partition coefficient (Wildman–Crippen LogP) is 1.12. The first-order valence-corrected chi connectivity index (χ1v) is 5.93. The zero-order chi connectivity index (χ0) is 14.4. The summed E-state index contributed by atoms with van der Waals surface area (Å²) in [5.74, 6) is -1.83. The molecular formula is C14H17NO4. The normalized spacial score (nSPS) is 11.7. The van der Waals surface area contributed by atoms with Crippen LogP contribution in [0.3, 0.4) is 0 Å². The molecule has 5 nitrogen and oxygen atoms in total. The molecular weight excluding hydrogens is 246 g/mol. The highest BCUT2D eigenvalue weighted by Crippen LogP contribution is 2.09. The smallest absolute Gasteiger partial charge is 0.326 e. The maximum absolute atomic E-state index is 11.7. The predicted molar refractivity (Wildman–Crippen MR) is 69.6 cm³/mol. The number of carbonyl (C=O) groups is 3. The van der Waals surface area contributed by atoms with Crippen molar-refractivity contribution in [1.29, 1.82) is 0 Å². The standard InChI is InChI=1S/C14H17NO4/c1-10(16)8-13(17)15(2)12(14(18)19)9-11-6-4-3-5-7-11/h3-7,12H,8-9H2,1-2H3,(H,18,19)/t12-/m1/s1. The molecule has 0 aliphatic rings. The minimum atomic E-state index is -1.08. The van der Waals surface area contributed by atoms with Crippen molar-refractivity contribution in [1.82, 2.24) is 4.90 Å². The van der Waals surface area contributed by atoms with E-state index in [0.29, 0.717) is 0 Å². The molecule has 1 aromatic carbocycles. The molecule has 0 heterocycles. The number of likely N-dealkylation sites (N-methyl/N-ethyl adjacent to an activating group) is 1. The minimum Gasteiger partial charge on any atom is -0.480 e. The van der Waals surface area contributed by atoms with E-state index in [4.69, 9.17) is 0 Å². The zero-order valence-electron chi connectivity index (χ0n) is 11.0. The molecule has 0 fully saturated rings. The largest absolute Gasteiger partial charge is 0.480 e. The van der Waals surface area contributed by atoms with Crippen LogP contribution in [0.1, 0.15) is 18.9 Å². The lowest BCUT2D eigenvalue weighted by molar-refractivity contribution is -0.149. The Kier molecular flexibility index (Phi) is 5.23. The summed E-state index contributed by atoms with van der Waals surface area (Å²) in [6.45, 7) is 1.30. The van der Waals surface area contributed by atoms with Gasteiger partial charge in [0.25, 0.3) is 0 Å². The van der Waals surface area contributed by atoms with Crippen molar-refractivity contribution in [3.63, 3.8) is 0 Å². The van der Waals surface area contributed by atoms with Crippen molar-refractivity contribution in [3.8, 4) is 0 Å². The van der Waals surface area contributed by atoms with E-state index in [1.165, 1.54) is 14.0 Å². The van der Waals surface area contributed by atoms with Gasteiger partial charge in [0.2, 0.25) is 5.91 Å². The Morgan fingerprint density at radius 3 is 2.26 bits per heavy atom. The van der Waals surface area contributed by atoms with E-state index in [9.17, 15) is 19.5 Å². The number of carbonyl (C=O) groups excluding carboxylic acids is 2. The molecule has 0 aromatic heterocycles. The molecule has 1 aromatic rings. The van der Waals surface area contributed by atoms with Crippen molar-refractivity contribution in [3.05, 3.63) is 35.9 Å². The van der Waals surface area contributed by atoms with Crippen LogP contribution in [0.4, 0.5) is 0 Å². The van der Waals surface area contributed by atoms with E-state index in [2.05, 4.69) is 0 Å². The summed E-state index contributed by atoms with van der Waals surface area (Å²) in [6.07, 6.45) is -0.0502. The number of amides is 1. The second kappa shape index (κ2) is 6.68. The second-order valence-electron chi connectivity index (χ2n) is 4.43. The molecule has 1 amide bonds. The van der Waals surface area contributed by atoms with E-state index < -0.39 is 17.9 Å². The molecule has 0 unspecified atom stereocenters. The number of ketones is 1. The van der Waals surface area contributed by atoms with E-state index in [-0.39, 0.29) is 18.6 Å². The van der Waals surface area contributed by atoms with Gasteiger partial charge < -0.3 is 10.0 Å². The Morgan fingerprint density at radius 1 is 1.21 bits per heavy atom. The monoisotopic (exact) mass is 263 g/mol. The SMILES string of the molecule is CC(=O)CC(=O)N(C)[C@H](Cc1ccccc1)C(=O)O. The second-order valence-corrected chi connectivity index (χ2v) is 4.43. The van der Waals surface area contributed by atoms with Crippen LogP contribution in [0.15, 0.2) is 30.3 Å². The minimum absolute atomic E-state index is 0.219. The summed E-state index contributed by atoms with van der Waals surface area (Å²) < 4.78 is 0. The molecule has 5 heteroatoms. The van der Waals surface area contributed by atoms with Gasteiger partial charge in [0, 0.05) is 13.5 Å². The van der Waals surface area contributed by atoms with Crippen molar-refractivity contribution in [2.24, 2.45) is 0 Å². The third kappa shape index (κ3) is 4.54. The third-order valence-corrected chi connectivity index (χ3v) is 2.82. The number of rotatable bonds is 6.